The molecule has 0 heterocycles. The van der Waals surface area contributed by atoms with Crippen LogP contribution in [0, 0.1) is 0 Å². The van der Waals surface area contributed by atoms with Gasteiger partial charge in [-0.25, -0.2) is 4.79 Å². The molecule has 1 N–H and O–H groups in total. The molecule has 6 heteroatoms. The predicted molar refractivity (Wildman–Crippen MR) is 86.8 cm³/mol. The van der Waals surface area contributed by atoms with Gasteiger partial charge in [-0.15, -0.1) is 0 Å². The van der Waals surface area contributed by atoms with Gasteiger partial charge in [-0.3, -0.25) is 4.79 Å². The number of hydrogen-bond acceptors (Lipinski definition) is 3. The minimum atomic E-state index is -0.450. The molecule has 2 aromatic carbocycles. The van der Waals surface area contributed by atoms with Crippen LogP contribution in [0.2, 0.25) is 10.0 Å². The van der Waals surface area contributed by atoms with Crippen LogP contribution in [0.5, 0.6) is 0 Å². The van der Waals surface area contributed by atoms with Crippen molar-refractivity contribution in [3.8, 4) is 0 Å². The zero-order valence-corrected chi connectivity index (χ0v) is 13.2. The van der Waals surface area contributed by atoms with E-state index >= 15 is 0 Å². The molecule has 0 spiro atoms. The lowest BCUT2D eigenvalue weighted by Crippen LogP contribution is -2.14. The molecule has 0 bridgehead atoms. The highest BCUT2D eigenvalue weighted by molar-refractivity contribution is 6.40. The van der Waals surface area contributed by atoms with Crippen molar-refractivity contribution >= 4 is 40.8 Å². The number of esters is 1. The lowest BCUT2D eigenvalue weighted by Gasteiger charge is -2.09. The maximum absolute atomic E-state index is 12.3. The molecule has 2 rings (SSSR count). The van der Waals surface area contributed by atoms with Crippen LogP contribution in [0.1, 0.15) is 27.6 Å². The fourth-order valence-electron chi connectivity index (χ4n) is 1.85. The second kappa shape index (κ2) is 7.29. The highest BCUT2D eigenvalue weighted by Gasteiger charge is 2.15. The molecule has 0 fully saturated rings. The molecule has 22 heavy (non-hydrogen) atoms. The van der Waals surface area contributed by atoms with Crippen LogP contribution >= 0.6 is 23.2 Å². The Morgan fingerprint density at radius 2 is 1.73 bits per heavy atom. The quantitative estimate of drug-likeness (QED) is 0.840. The van der Waals surface area contributed by atoms with Gasteiger partial charge in [0.2, 0.25) is 0 Å². The van der Waals surface area contributed by atoms with Gasteiger partial charge in [0.15, 0.2) is 0 Å². The smallest absolute Gasteiger partial charge is 0.338 e. The van der Waals surface area contributed by atoms with Crippen LogP contribution in [-0.2, 0) is 4.74 Å². The van der Waals surface area contributed by atoms with E-state index in [4.69, 9.17) is 27.9 Å². The number of halogens is 2. The van der Waals surface area contributed by atoms with Crippen molar-refractivity contribution in [1.82, 2.24) is 0 Å². The number of anilines is 1. The Morgan fingerprint density at radius 1 is 1.09 bits per heavy atom. The van der Waals surface area contributed by atoms with Crippen molar-refractivity contribution in [3.05, 3.63) is 63.6 Å². The number of amides is 1. The third-order valence-corrected chi connectivity index (χ3v) is 3.45. The first-order chi connectivity index (χ1) is 10.5. The maximum Gasteiger partial charge on any atom is 0.338 e. The summed E-state index contributed by atoms with van der Waals surface area (Å²) in [4.78, 5) is 24.0. The fourth-order valence-corrected chi connectivity index (χ4v) is 2.42. The molecule has 0 radical (unpaired) electrons. The summed E-state index contributed by atoms with van der Waals surface area (Å²) in [7, 11) is 0. The SMILES string of the molecule is CCOC(=O)c1cccc(NC(=O)c2c(Cl)cccc2Cl)c1. The van der Waals surface area contributed by atoms with E-state index in [-0.39, 0.29) is 22.2 Å². The molecule has 2 aromatic rings. The van der Waals surface area contributed by atoms with E-state index in [2.05, 4.69) is 5.32 Å². The number of ether oxygens (including phenoxy) is 1. The molecule has 0 aromatic heterocycles. The van der Waals surface area contributed by atoms with Crippen LogP contribution in [0.25, 0.3) is 0 Å². The Balaban J connectivity index is 2.22. The first kappa shape index (κ1) is 16.3. The van der Waals surface area contributed by atoms with E-state index in [1.165, 1.54) is 6.07 Å². The van der Waals surface area contributed by atoms with Crippen molar-refractivity contribution in [1.29, 1.82) is 0 Å². The lowest BCUT2D eigenvalue weighted by atomic mass is 10.1. The monoisotopic (exact) mass is 337 g/mol. The molecule has 0 aliphatic carbocycles. The number of carbonyl (C=O) groups excluding carboxylic acids is 2. The average molecular weight is 338 g/mol. The van der Waals surface area contributed by atoms with E-state index < -0.39 is 11.9 Å². The van der Waals surface area contributed by atoms with Gasteiger partial charge in [-0.2, -0.15) is 0 Å². The molecular weight excluding hydrogens is 325 g/mol. The molecule has 0 saturated heterocycles. The molecule has 0 saturated carbocycles. The summed E-state index contributed by atoms with van der Waals surface area (Å²) < 4.78 is 4.92. The van der Waals surface area contributed by atoms with Crippen molar-refractivity contribution < 1.29 is 14.3 Å². The molecule has 114 valence electrons. The van der Waals surface area contributed by atoms with Crippen molar-refractivity contribution in [3.63, 3.8) is 0 Å². The van der Waals surface area contributed by atoms with Gasteiger partial charge >= 0.3 is 5.97 Å². The summed E-state index contributed by atoms with van der Waals surface area (Å²) >= 11 is 12.0. The van der Waals surface area contributed by atoms with Gasteiger partial charge in [0.25, 0.3) is 5.91 Å². The summed E-state index contributed by atoms with van der Waals surface area (Å²) in [5, 5.41) is 3.17. The van der Waals surface area contributed by atoms with Gasteiger partial charge < -0.3 is 10.1 Å². The van der Waals surface area contributed by atoms with Gasteiger partial charge in [0.1, 0.15) is 0 Å². The zero-order valence-electron chi connectivity index (χ0n) is 11.7. The van der Waals surface area contributed by atoms with E-state index in [0.717, 1.165) is 0 Å². The summed E-state index contributed by atoms with van der Waals surface area (Å²) in [5.74, 6) is -0.897. The first-order valence-corrected chi connectivity index (χ1v) is 7.31. The summed E-state index contributed by atoms with van der Waals surface area (Å²) in [6.45, 7) is 2.01. The normalized spacial score (nSPS) is 10.1. The zero-order chi connectivity index (χ0) is 16.1. The first-order valence-electron chi connectivity index (χ1n) is 6.55. The van der Waals surface area contributed by atoms with E-state index in [9.17, 15) is 9.59 Å². The van der Waals surface area contributed by atoms with Crippen molar-refractivity contribution in [2.24, 2.45) is 0 Å². The third-order valence-electron chi connectivity index (χ3n) is 2.82. The second-order valence-electron chi connectivity index (χ2n) is 4.35. The molecule has 0 aliphatic heterocycles. The Kier molecular flexibility index (Phi) is 5.41. The van der Waals surface area contributed by atoms with Crippen LogP contribution < -0.4 is 5.32 Å². The summed E-state index contributed by atoms with van der Waals surface area (Å²) in [6, 6.07) is 11.3. The molecule has 4 nitrogen and oxygen atoms in total. The number of nitrogens with one attached hydrogen (secondary N) is 1. The van der Waals surface area contributed by atoms with Gasteiger partial charge in [0.05, 0.1) is 27.8 Å². The van der Waals surface area contributed by atoms with Crippen molar-refractivity contribution in [2.45, 2.75) is 6.92 Å². The van der Waals surface area contributed by atoms with Gasteiger partial charge in [0, 0.05) is 5.69 Å². The molecule has 0 unspecified atom stereocenters. The summed E-state index contributed by atoms with van der Waals surface area (Å²) in [5.41, 5.74) is 0.990. The lowest BCUT2D eigenvalue weighted by molar-refractivity contribution is 0.0526. The van der Waals surface area contributed by atoms with Crippen LogP contribution in [0.4, 0.5) is 5.69 Å². The Labute approximate surface area is 138 Å². The minimum Gasteiger partial charge on any atom is -0.462 e. The van der Waals surface area contributed by atoms with E-state index in [0.29, 0.717) is 11.3 Å². The van der Waals surface area contributed by atoms with Crippen molar-refractivity contribution in [2.75, 3.05) is 11.9 Å². The Morgan fingerprint density at radius 3 is 2.36 bits per heavy atom. The Bertz CT molecular complexity index is 696. The standard InChI is InChI=1S/C16H13Cl2NO3/c1-2-22-16(21)10-5-3-6-11(9-10)19-15(20)14-12(17)7-4-8-13(14)18/h3-9H,2H2,1H3,(H,19,20). The van der Waals surface area contributed by atoms with Gasteiger partial charge in [-0.05, 0) is 37.3 Å². The average Bonchev–Trinajstić information content (AvgIpc) is 2.47. The largest absolute Gasteiger partial charge is 0.462 e. The van der Waals surface area contributed by atoms with Crippen LogP contribution in [0.15, 0.2) is 42.5 Å². The third kappa shape index (κ3) is 3.78. The number of hydrogen-bond donors (Lipinski definition) is 1. The molecular formula is C16H13Cl2NO3. The predicted octanol–water partition coefficient (Wildman–Crippen LogP) is 4.42. The minimum absolute atomic E-state index is 0.187. The van der Waals surface area contributed by atoms with E-state index in [1.807, 2.05) is 0 Å². The highest BCUT2D eigenvalue weighted by Crippen LogP contribution is 2.25. The van der Waals surface area contributed by atoms with Gasteiger partial charge in [-0.1, -0.05) is 35.3 Å². The van der Waals surface area contributed by atoms with Crippen LogP contribution in [-0.4, -0.2) is 18.5 Å². The molecule has 0 aliphatic rings. The van der Waals surface area contributed by atoms with Crippen LogP contribution in [0.3, 0.4) is 0 Å². The number of carbonyl (C=O) groups is 2. The molecule has 1 amide bonds. The Hall–Kier alpha value is -2.04. The highest BCUT2D eigenvalue weighted by atomic mass is 35.5. The number of benzene rings is 2. The molecule has 0 atom stereocenters. The maximum atomic E-state index is 12.3. The number of rotatable bonds is 4. The topological polar surface area (TPSA) is 55.4 Å². The van der Waals surface area contributed by atoms with E-state index in [1.54, 1.807) is 43.3 Å². The summed E-state index contributed by atoms with van der Waals surface area (Å²) in [6.07, 6.45) is 0. The second-order valence-corrected chi connectivity index (χ2v) is 5.17. The fraction of sp³-hybridized carbons (Fsp3) is 0.125.